The molecule has 0 aromatic heterocycles. The molecule has 0 spiro atoms. The first-order valence-corrected chi connectivity index (χ1v) is 5.36. The van der Waals surface area contributed by atoms with Crippen molar-refractivity contribution in [1.82, 2.24) is 0 Å². The van der Waals surface area contributed by atoms with Gasteiger partial charge in [0.25, 0.3) is 0 Å². The first kappa shape index (κ1) is 12.5. The lowest BCUT2D eigenvalue weighted by Gasteiger charge is -2.04. The van der Waals surface area contributed by atoms with E-state index in [2.05, 4.69) is 0 Å². The number of ether oxygens (including phenoxy) is 1. The summed E-state index contributed by atoms with van der Waals surface area (Å²) in [5.74, 6) is -0.320. The summed E-state index contributed by atoms with van der Waals surface area (Å²) in [5, 5.41) is 0. The molecule has 0 aliphatic rings. The van der Waals surface area contributed by atoms with Crippen LogP contribution in [0.1, 0.15) is 12.5 Å². The minimum absolute atomic E-state index is 0.320. The lowest BCUT2D eigenvalue weighted by Crippen LogP contribution is -2.09. The van der Waals surface area contributed by atoms with Crippen molar-refractivity contribution in [2.75, 3.05) is 13.2 Å². The Labute approximate surface area is 95.9 Å². The van der Waals surface area contributed by atoms with E-state index in [1.165, 1.54) is 6.08 Å². The molecule has 3 nitrogen and oxygen atoms in total. The number of benzene rings is 1. The van der Waals surface area contributed by atoms with E-state index in [1.54, 1.807) is 6.92 Å². The van der Waals surface area contributed by atoms with E-state index in [9.17, 15) is 4.79 Å². The highest BCUT2D eigenvalue weighted by atomic mass is 16.5. The average molecular weight is 219 g/mol. The molecule has 3 heteroatoms. The van der Waals surface area contributed by atoms with Crippen molar-refractivity contribution in [2.45, 2.75) is 13.3 Å². The average Bonchev–Trinajstić information content (AvgIpc) is 2.30. The van der Waals surface area contributed by atoms with E-state index in [1.807, 2.05) is 30.3 Å². The molecule has 1 aromatic rings. The van der Waals surface area contributed by atoms with Crippen molar-refractivity contribution < 1.29 is 9.53 Å². The fourth-order valence-electron chi connectivity index (χ4n) is 1.39. The van der Waals surface area contributed by atoms with Crippen LogP contribution in [0.4, 0.5) is 0 Å². The minimum atomic E-state index is -0.320. The molecule has 0 fully saturated rings. The van der Waals surface area contributed by atoms with Crippen LogP contribution in [-0.2, 0) is 16.0 Å². The zero-order valence-electron chi connectivity index (χ0n) is 9.48. The largest absolute Gasteiger partial charge is 0.463 e. The van der Waals surface area contributed by atoms with Gasteiger partial charge in [0, 0.05) is 12.6 Å². The van der Waals surface area contributed by atoms with Crippen LogP contribution in [0, 0.1) is 0 Å². The predicted octanol–water partition coefficient (Wildman–Crippen LogP) is 1.68. The third-order valence-corrected chi connectivity index (χ3v) is 2.14. The Balaban J connectivity index is 2.65. The number of hydrogen-bond donors (Lipinski definition) is 1. The fourth-order valence-corrected chi connectivity index (χ4v) is 1.39. The number of carbonyl (C=O) groups is 1. The second-order valence-electron chi connectivity index (χ2n) is 3.42. The summed E-state index contributed by atoms with van der Waals surface area (Å²) in [7, 11) is 0. The van der Waals surface area contributed by atoms with Gasteiger partial charge in [-0.3, -0.25) is 0 Å². The molecule has 0 saturated carbocycles. The summed E-state index contributed by atoms with van der Waals surface area (Å²) < 4.78 is 4.84. The van der Waals surface area contributed by atoms with Gasteiger partial charge in [-0.05, 0) is 24.5 Å². The molecule has 1 aromatic carbocycles. The third kappa shape index (κ3) is 4.28. The van der Waals surface area contributed by atoms with E-state index >= 15 is 0 Å². The van der Waals surface area contributed by atoms with Gasteiger partial charge < -0.3 is 10.5 Å². The number of carbonyl (C=O) groups excluding carboxylic acids is 1. The van der Waals surface area contributed by atoms with Crippen LogP contribution in [0.5, 0.6) is 0 Å². The lowest BCUT2D eigenvalue weighted by molar-refractivity contribution is -0.137. The van der Waals surface area contributed by atoms with Crippen molar-refractivity contribution in [1.29, 1.82) is 0 Å². The van der Waals surface area contributed by atoms with Crippen LogP contribution < -0.4 is 5.73 Å². The highest BCUT2D eigenvalue weighted by Gasteiger charge is 2.02. The second kappa shape index (κ2) is 6.80. The number of hydrogen-bond acceptors (Lipinski definition) is 3. The highest BCUT2D eigenvalue weighted by Crippen LogP contribution is 2.06. The second-order valence-corrected chi connectivity index (χ2v) is 3.42. The zero-order valence-corrected chi connectivity index (χ0v) is 9.48. The minimum Gasteiger partial charge on any atom is -0.463 e. The lowest BCUT2D eigenvalue weighted by atomic mass is 10.1. The summed E-state index contributed by atoms with van der Waals surface area (Å²) in [4.78, 5) is 11.2. The van der Waals surface area contributed by atoms with Gasteiger partial charge in [-0.15, -0.1) is 0 Å². The molecule has 0 radical (unpaired) electrons. The molecule has 0 saturated heterocycles. The Morgan fingerprint density at radius 3 is 2.62 bits per heavy atom. The van der Waals surface area contributed by atoms with Gasteiger partial charge in [0.05, 0.1) is 6.61 Å². The summed E-state index contributed by atoms with van der Waals surface area (Å²) in [6.07, 6.45) is 2.17. The molecule has 16 heavy (non-hydrogen) atoms. The number of esters is 1. The first-order chi connectivity index (χ1) is 7.76. The van der Waals surface area contributed by atoms with Gasteiger partial charge in [-0.25, -0.2) is 4.79 Å². The van der Waals surface area contributed by atoms with Crippen molar-refractivity contribution in [2.24, 2.45) is 5.73 Å². The van der Waals surface area contributed by atoms with E-state index in [-0.39, 0.29) is 5.97 Å². The van der Waals surface area contributed by atoms with Gasteiger partial charge in [0.2, 0.25) is 0 Å². The zero-order chi connectivity index (χ0) is 11.8. The molecule has 2 N–H and O–H groups in total. The normalized spacial score (nSPS) is 11.2. The molecule has 0 atom stereocenters. The van der Waals surface area contributed by atoms with Gasteiger partial charge in [0.1, 0.15) is 0 Å². The molecule has 0 heterocycles. The molecular formula is C13H17NO2. The van der Waals surface area contributed by atoms with E-state index < -0.39 is 0 Å². The van der Waals surface area contributed by atoms with Gasteiger partial charge in [0.15, 0.2) is 0 Å². The Kier molecular flexibility index (Phi) is 5.29. The molecule has 1 rings (SSSR count). The Morgan fingerprint density at radius 2 is 2.06 bits per heavy atom. The Morgan fingerprint density at radius 1 is 1.38 bits per heavy atom. The molecule has 86 valence electrons. The van der Waals surface area contributed by atoms with E-state index in [0.717, 1.165) is 11.1 Å². The van der Waals surface area contributed by atoms with Crippen LogP contribution in [0.15, 0.2) is 42.0 Å². The van der Waals surface area contributed by atoms with Crippen LogP contribution in [-0.4, -0.2) is 19.1 Å². The van der Waals surface area contributed by atoms with E-state index in [4.69, 9.17) is 10.5 Å². The number of rotatable bonds is 5. The van der Waals surface area contributed by atoms with Crippen LogP contribution in [0.3, 0.4) is 0 Å². The Bertz CT molecular complexity index is 357. The fraction of sp³-hybridized carbons (Fsp3) is 0.308. The smallest absolute Gasteiger partial charge is 0.330 e. The van der Waals surface area contributed by atoms with Crippen molar-refractivity contribution in [3.63, 3.8) is 0 Å². The van der Waals surface area contributed by atoms with Gasteiger partial charge >= 0.3 is 5.97 Å². The van der Waals surface area contributed by atoms with Crippen LogP contribution in [0.2, 0.25) is 0 Å². The van der Waals surface area contributed by atoms with Gasteiger partial charge in [-0.1, -0.05) is 30.3 Å². The molecule has 0 amide bonds. The van der Waals surface area contributed by atoms with Crippen molar-refractivity contribution in [3.05, 3.63) is 47.5 Å². The standard InChI is InChI=1S/C13H17NO2/c1-2-16-13(15)9-12(10-14)8-11-6-4-3-5-7-11/h3-7,9H,2,8,10,14H2,1H3. The maximum atomic E-state index is 11.2. The molecular weight excluding hydrogens is 202 g/mol. The summed E-state index contributed by atoms with van der Waals surface area (Å²) in [6, 6.07) is 9.91. The summed E-state index contributed by atoms with van der Waals surface area (Å²) in [5.41, 5.74) is 7.61. The maximum absolute atomic E-state index is 11.2. The van der Waals surface area contributed by atoms with Crippen molar-refractivity contribution in [3.8, 4) is 0 Å². The maximum Gasteiger partial charge on any atom is 0.330 e. The SMILES string of the molecule is CCOC(=O)C=C(CN)Cc1ccccc1. The van der Waals surface area contributed by atoms with Crippen LogP contribution in [0.25, 0.3) is 0 Å². The van der Waals surface area contributed by atoms with E-state index in [0.29, 0.717) is 19.6 Å². The van der Waals surface area contributed by atoms with Crippen LogP contribution >= 0.6 is 0 Å². The summed E-state index contributed by atoms with van der Waals surface area (Å²) in [6.45, 7) is 2.54. The Hall–Kier alpha value is -1.61. The molecule has 0 bridgehead atoms. The molecule has 0 aliphatic carbocycles. The first-order valence-electron chi connectivity index (χ1n) is 5.36. The monoisotopic (exact) mass is 219 g/mol. The highest BCUT2D eigenvalue weighted by molar-refractivity contribution is 5.82. The molecule has 0 aliphatic heterocycles. The van der Waals surface area contributed by atoms with Gasteiger partial charge in [-0.2, -0.15) is 0 Å². The summed E-state index contributed by atoms with van der Waals surface area (Å²) >= 11 is 0. The molecule has 0 unspecified atom stereocenters. The van der Waals surface area contributed by atoms with Crippen molar-refractivity contribution >= 4 is 5.97 Å². The number of nitrogens with two attached hydrogens (primary N) is 1. The predicted molar refractivity (Wildman–Crippen MR) is 63.9 cm³/mol. The quantitative estimate of drug-likeness (QED) is 0.605. The topological polar surface area (TPSA) is 52.3 Å². The third-order valence-electron chi connectivity index (χ3n) is 2.14.